The topological polar surface area (TPSA) is 25.8 Å². The Morgan fingerprint density at radius 3 is 2.47 bits per heavy atom. The molecule has 0 amide bonds. The normalized spacial score (nSPS) is 10.3. The minimum absolute atomic E-state index is 0.834. The molecule has 2 nitrogen and oxygen atoms in total. The Morgan fingerprint density at radius 2 is 1.80 bits per heavy atom. The molecule has 0 aromatic carbocycles. The maximum Gasteiger partial charge on any atom is 0.106 e. The highest BCUT2D eigenvalue weighted by Gasteiger charge is 2.02. The minimum atomic E-state index is 0.834. The lowest BCUT2D eigenvalue weighted by atomic mass is 10.2. The summed E-state index contributed by atoms with van der Waals surface area (Å²) in [5.41, 5.74) is 4.05. The van der Waals surface area contributed by atoms with Crippen LogP contribution in [0.3, 0.4) is 0 Å². The van der Waals surface area contributed by atoms with Crippen LogP contribution in [0.1, 0.15) is 11.3 Å². The molecule has 76 valence electrons. The Labute approximate surface area is 97.5 Å². The van der Waals surface area contributed by atoms with E-state index >= 15 is 0 Å². The molecule has 0 unspecified atom stereocenters. The molecule has 0 bridgehead atoms. The number of hydrogen-bond acceptors (Lipinski definition) is 2. The molecule has 2 aromatic rings. The van der Waals surface area contributed by atoms with Crippen LogP contribution in [0.25, 0.3) is 11.4 Å². The third-order valence-corrected chi connectivity index (χ3v) is 2.52. The van der Waals surface area contributed by atoms with Gasteiger partial charge in [0.25, 0.3) is 0 Å². The second-order valence-electron chi connectivity index (χ2n) is 3.52. The van der Waals surface area contributed by atoms with Crippen LogP contribution in [-0.2, 0) is 0 Å². The zero-order valence-electron chi connectivity index (χ0n) is 8.66. The van der Waals surface area contributed by atoms with E-state index in [1.54, 1.807) is 0 Å². The molecule has 2 heterocycles. The van der Waals surface area contributed by atoms with Gasteiger partial charge in [-0.2, -0.15) is 0 Å². The van der Waals surface area contributed by atoms with Gasteiger partial charge in [-0.05, 0) is 59.6 Å². The predicted octanol–water partition coefficient (Wildman–Crippen LogP) is 3.52. The van der Waals surface area contributed by atoms with Crippen molar-refractivity contribution in [2.75, 3.05) is 0 Å². The Bertz CT molecular complexity index is 474. The van der Waals surface area contributed by atoms with Gasteiger partial charge in [0.15, 0.2) is 0 Å². The first-order valence-corrected chi connectivity index (χ1v) is 5.53. The Kier molecular flexibility index (Phi) is 2.82. The number of halogens is 1. The van der Waals surface area contributed by atoms with E-state index in [4.69, 9.17) is 0 Å². The second-order valence-corrected chi connectivity index (χ2v) is 4.33. The molecule has 0 saturated heterocycles. The van der Waals surface area contributed by atoms with Crippen molar-refractivity contribution in [1.82, 2.24) is 9.97 Å². The van der Waals surface area contributed by atoms with Gasteiger partial charge in [0.2, 0.25) is 0 Å². The molecular formula is C12H11BrN2. The van der Waals surface area contributed by atoms with Crippen LogP contribution in [0, 0.1) is 13.8 Å². The summed E-state index contributed by atoms with van der Waals surface area (Å²) >= 11 is 3.36. The Hall–Kier alpha value is -1.22. The summed E-state index contributed by atoms with van der Waals surface area (Å²) in [6, 6.07) is 9.94. The molecule has 2 rings (SSSR count). The molecule has 0 N–H and O–H groups in total. The van der Waals surface area contributed by atoms with Crippen LogP contribution in [0.2, 0.25) is 0 Å². The van der Waals surface area contributed by atoms with E-state index in [0.29, 0.717) is 0 Å². The monoisotopic (exact) mass is 262 g/mol. The van der Waals surface area contributed by atoms with Gasteiger partial charge in [0.1, 0.15) is 4.60 Å². The van der Waals surface area contributed by atoms with E-state index in [1.165, 1.54) is 5.56 Å². The lowest BCUT2D eigenvalue weighted by Gasteiger charge is -2.03. The van der Waals surface area contributed by atoms with E-state index in [0.717, 1.165) is 21.7 Å². The van der Waals surface area contributed by atoms with Crippen LogP contribution in [0.15, 0.2) is 34.9 Å². The van der Waals surface area contributed by atoms with Crippen molar-refractivity contribution in [1.29, 1.82) is 0 Å². The summed E-state index contributed by atoms with van der Waals surface area (Å²) in [5, 5.41) is 0. The smallest absolute Gasteiger partial charge is 0.106 e. The number of hydrogen-bond donors (Lipinski definition) is 0. The molecule has 0 spiro atoms. The average molecular weight is 263 g/mol. The maximum absolute atomic E-state index is 4.46. The van der Waals surface area contributed by atoms with Gasteiger partial charge in [-0.1, -0.05) is 6.07 Å². The first-order valence-electron chi connectivity index (χ1n) is 4.73. The fourth-order valence-electron chi connectivity index (χ4n) is 1.52. The number of aryl methyl sites for hydroxylation is 2. The predicted molar refractivity (Wildman–Crippen MR) is 64.6 cm³/mol. The zero-order valence-corrected chi connectivity index (χ0v) is 10.2. The summed E-state index contributed by atoms with van der Waals surface area (Å²) in [5.74, 6) is 0. The highest BCUT2D eigenvalue weighted by Crippen LogP contribution is 2.18. The van der Waals surface area contributed by atoms with E-state index < -0.39 is 0 Å². The van der Waals surface area contributed by atoms with Crippen molar-refractivity contribution in [2.45, 2.75) is 13.8 Å². The number of nitrogens with zero attached hydrogens (tertiary/aromatic N) is 2. The summed E-state index contributed by atoms with van der Waals surface area (Å²) < 4.78 is 0.834. The number of rotatable bonds is 1. The highest BCUT2D eigenvalue weighted by atomic mass is 79.9. The standard InChI is InChI=1S/C12H11BrN2/c1-8-6-9(2)14-11(7-8)10-4-3-5-12(13)15-10/h3-7H,1-2H3. The molecule has 0 aliphatic carbocycles. The largest absolute Gasteiger partial charge is 0.251 e. The van der Waals surface area contributed by atoms with Crippen molar-refractivity contribution < 1.29 is 0 Å². The molecule has 0 saturated carbocycles. The molecule has 15 heavy (non-hydrogen) atoms. The van der Waals surface area contributed by atoms with E-state index in [-0.39, 0.29) is 0 Å². The molecule has 2 aromatic heterocycles. The van der Waals surface area contributed by atoms with Gasteiger partial charge in [0, 0.05) is 5.69 Å². The maximum atomic E-state index is 4.46. The third-order valence-electron chi connectivity index (χ3n) is 2.08. The molecule has 3 heteroatoms. The van der Waals surface area contributed by atoms with Crippen LogP contribution in [0.4, 0.5) is 0 Å². The third kappa shape index (κ3) is 2.42. The van der Waals surface area contributed by atoms with E-state index in [1.807, 2.05) is 31.2 Å². The van der Waals surface area contributed by atoms with Gasteiger partial charge in [-0.25, -0.2) is 4.98 Å². The van der Waals surface area contributed by atoms with E-state index in [2.05, 4.69) is 38.9 Å². The van der Waals surface area contributed by atoms with Crippen molar-refractivity contribution >= 4 is 15.9 Å². The van der Waals surface area contributed by atoms with Gasteiger partial charge in [-0.3, -0.25) is 4.98 Å². The van der Waals surface area contributed by atoms with Gasteiger partial charge < -0.3 is 0 Å². The molecule has 0 atom stereocenters. The average Bonchev–Trinajstić information content (AvgIpc) is 2.16. The molecule has 0 aliphatic rings. The van der Waals surface area contributed by atoms with Gasteiger partial charge in [0.05, 0.1) is 11.4 Å². The Morgan fingerprint density at radius 1 is 1.00 bits per heavy atom. The van der Waals surface area contributed by atoms with Crippen molar-refractivity contribution in [3.63, 3.8) is 0 Å². The van der Waals surface area contributed by atoms with Crippen LogP contribution < -0.4 is 0 Å². The van der Waals surface area contributed by atoms with Gasteiger partial charge >= 0.3 is 0 Å². The summed E-state index contributed by atoms with van der Waals surface area (Å²) in [6.45, 7) is 4.06. The van der Waals surface area contributed by atoms with Crippen molar-refractivity contribution in [3.05, 3.63) is 46.2 Å². The summed E-state index contributed by atoms with van der Waals surface area (Å²) in [6.07, 6.45) is 0. The Balaban J connectivity index is 2.54. The molecule has 0 aliphatic heterocycles. The van der Waals surface area contributed by atoms with Crippen LogP contribution in [-0.4, -0.2) is 9.97 Å². The fraction of sp³-hybridized carbons (Fsp3) is 0.167. The van der Waals surface area contributed by atoms with Gasteiger partial charge in [-0.15, -0.1) is 0 Å². The number of aromatic nitrogens is 2. The fourth-order valence-corrected chi connectivity index (χ4v) is 1.87. The van der Waals surface area contributed by atoms with Crippen LogP contribution >= 0.6 is 15.9 Å². The number of pyridine rings is 2. The molecular weight excluding hydrogens is 252 g/mol. The summed E-state index contributed by atoms with van der Waals surface area (Å²) in [7, 11) is 0. The molecule has 0 fully saturated rings. The summed E-state index contributed by atoms with van der Waals surface area (Å²) in [4.78, 5) is 8.84. The van der Waals surface area contributed by atoms with E-state index in [9.17, 15) is 0 Å². The minimum Gasteiger partial charge on any atom is -0.251 e. The lowest BCUT2D eigenvalue weighted by molar-refractivity contribution is 1.15. The van der Waals surface area contributed by atoms with Crippen molar-refractivity contribution in [2.24, 2.45) is 0 Å². The van der Waals surface area contributed by atoms with Crippen molar-refractivity contribution in [3.8, 4) is 11.4 Å². The quantitative estimate of drug-likeness (QED) is 0.735. The molecule has 0 radical (unpaired) electrons. The lowest BCUT2D eigenvalue weighted by Crippen LogP contribution is -1.91. The second kappa shape index (κ2) is 4.11. The SMILES string of the molecule is Cc1cc(C)nc(-c2cccc(Br)n2)c1. The first kappa shape index (κ1) is 10.3. The highest BCUT2D eigenvalue weighted by molar-refractivity contribution is 9.10. The van der Waals surface area contributed by atoms with Crippen LogP contribution in [0.5, 0.6) is 0 Å². The zero-order chi connectivity index (χ0) is 10.8. The first-order chi connectivity index (χ1) is 7.15.